The smallest absolute Gasteiger partial charge is 0.275 e. The first-order valence-electron chi connectivity index (χ1n) is 7.85. The van der Waals surface area contributed by atoms with Crippen molar-refractivity contribution < 1.29 is 9.90 Å². The first-order chi connectivity index (χ1) is 11.7. The maximum Gasteiger partial charge on any atom is 0.275 e. The first-order valence-corrected chi connectivity index (χ1v) is 7.85. The molecule has 1 amide bonds. The molecule has 0 fully saturated rings. The average Bonchev–Trinajstić information content (AvgIpc) is 3.02. The van der Waals surface area contributed by atoms with Gasteiger partial charge in [-0.3, -0.25) is 4.79 Å². The number of aromatic hydroxyl groups is 1. The summed E-state index contributed by atoms with van der Waals surface area (Å²) < 4.78 is 0. The van der Waals surface area contributed by atoms with Crippen molar-refractivity contribution in [2.24, 2.45) is 5.10 Å². The Labute approximate surface area is 139 Å². The van der Waals surface area contributed by atoms with Crippen molar-refractivity contribution in [2.45, 2.75) is 12.8 Å². The molecule has 0 spiro atoms. The van der Waals surface area contributed by atoms with Crippen molar-refractivity contribution in [3.63, 3.8) is 0 Å². The number of hydrazone groups is 1. The summed E-state index contributed by atoms with van der Waals surface area (Å²) >= 11 is 0. The van der Waals surface area contributed by atoms with Crippen LogP contribution in [0.1, 0.15) is 21.5 Å². The van der Waals surface area contributed by atoms with Gasteiger partial charge in [-0.15, -0.1) is 0 Å². The van der Waals surface area contributed by atoms with Gasteiger partial charge in [0.1, 0.15) is 5.75 Å². The van der Waals surface area contributed by atoms with E-state index in [9.17, 15) is 9.90 Å². The minimum atomic E-state index is -0.401. The molecule has 0 saturated carbocycles. The van der Waals surface area contributed by atoms with Gasteiger partial charge in [-0.2, -0.15) is 5.10 Å². The molecule has 0 atom stereocenters. The zero-order valence-electron chi connectivity index (χ0n) is 13.0. The lowest BCUT2D eigenvalue weighted by molar-refractivity contribution is 0.0952. The van der Waals surface area contributed by atoms with Crippen LogP contribution in [0.25, 0.3) is 10.8 Å². The summed E-state index contributed by atoms with van der Waals surface area (Å²) in [6, 6.07) is 19.1. The van der Waals surface area contributed by atoms with Crippen LogP contribution in [-0.4, -0.2) is 16.7 Å². The molecule has 24 heavy (non-hydrogen) atoms. The third-order valence-electron chi connectivity index (χ3n) is 4.33. The van der Waals surface area contributed by atoms with Crippen molar-refractivity contribution in [1.29, 1.82) is 0 Å². The van der Waals surface area contributed by atoms with Crippen LogP contribution in [0.2, 0.25) is 0 Å². The number of phenols is 1. The molecule has 4 rings (SSSR count). The van der Waals surface area contributed by atoms with Gasteiger partial charge in [0.15, 0.2) is 0 Å². The molecule has 0 aliphatic heterocycles. The number of amides is 1. The predicted octanol–water partition coefficient (Wildman–Crippen LogP) is 3.43. The van der Waals surface area contributed by atoms with E-state index in [2.05, 4.69) is 22.7 Å². The van der Waals surface area contributed by atoms with Crippen molar-refractivity contribution in [3.8, 4) is 5.75 Å². The quantitative estimate of drug-likeness (QED) is 0.712. The number of rotatable bonds is 2. The highest BCUT2D eigenvalue weighted by Gasteiger charge is 2.17. The van der Waals surface area contributed by atoms with E-state index in [-0.39, 0.29) is 11.3 Å². The lowest BCUT2D eigenvalue weighted by atomic mass is 10.1. The van der Waals surface area contributed by atoms with Crippen LogP contribution in [0, 0.1) is 0 Å². The normalized spacial score (nSPS) is 12.9. The van der Waals surface area contributed by atoms with E-state index in [1.807, 2.05) is 36.4 Å². The summed E-state index contributed by atoms with van der Waals surface area (Å²) in [5.41, 5.74) is 6.22. The van der Waals surface area contributed by atoms with Gasteiger partial charge < -0.3 is 5.11 Å². The van der Waals surface area contributed by atoms with Gasteiger partial charge in [0.05, 0.1) is 5.56 Å². The van der Waals surface area contributed by atoms with Gasteiger partial charge in [0.2, 0.25) is 0 Å². The molecule has 1 aliphatic carbocycles. The van der Waals surface area contributed by atoms with Gasteiger partial charge in [-0.25, -0.2) is 5.43 Å². The molecule has 2 N–H and O–H groups in total. The van der Waals surface area contributed by atoms with E-state index in [0.717, 1.165) is 29.3 Å². The fraction of sp³-hybridized carbons (Fsp3) is 0.100. The molecule has 4 nitrogen and oxygen atoms in total. The number of benzene rings is 3. The summed E-state index contributed by atoms with van der Waals surface area (Å²) in [5.74, 6) is -0.442. The Kier molecular flexibility index (Phi) is 3.50. The molecular weight excluding hydrogens is 300 g/mol. The van der Waals surface area contributed by atoms with Gasteiger partial charge in [0, 0.05) is 18.6 Å². The average molecular weight is 316 g/mol. The third kappa shape index (κ3) is 2.63. The molecule has 1 aliphatic rings. The fourth-order valence-corrected chi connectivity index (χ4v) is 3.08. The van der Waals surface area contributed by atoms with E-state index in [4.69, 9.17) is 0 Å². The second-order valence-electron chi connectivity index (χ2n) is 5.96. The second-order valence-corrected chi connectivity index (χ2v) is 5.96. The molecule has 4 heteroatoms. The Bertz CT molecular complexity index is 949. The molecule has 118 valence electrons. The lowest BCUT2D eigenvalue weighted by Crippen LogP contribution is -2.20. The minimum absolute atomic E-state index is 0.0406. The molecule has 0 radical (unpaired) electrons. The van der Waals surface area contributed by atoms with Crippen molar-refractivity contribution >= 4 is 22.4 Å². The molecule has 3 aromatic carbocycles. The Balaban J connectivity index is 1.55. The summed E-state index contributed by atoms with van der Waals surface area (Å²) in [7, 11) is 0. The van der Waals surface area contributed by atoms with Crippen LogP contribution < -0.4 is 5.43 Å². The molecule has 3 aromatic rings. The Morgan fingerprint density at radius 2 is 1.50 bits per heavy atom. The van der Waals surface area contributed by atoms with E-state index in [0.29, 0.717) is 0 Å². The van der Waals surface area contributed by atoms with Crippen molar-refractivity contribution in [2.75, 3.05) is 0 Å². The minimum Gasteiger partial charge on any atom is -0.507 e. The molecule has 0 heterocycles. The third-order valence-corrected chi connectivity index (χ3v) is 4.33. The highest BCUT2D eigenvalue weighted by Crippen LogP contribution is 2.25. The summed E-state index contributed by atoms with van der Waals surface area (Å²) in [6.07, 6.45) is 1.50. The van der Waals surface area contributed by atoms with E-state index in [1.54, 1.807) is 12.1 Å². The second kappa shape index (κ2) is 5.81. The maximum absolute atomic E-state index is 12.4. The van der Waals surface area contributed by atoms with Crippen molar-refractivity contribution in [3.05, 3.63) is 77.4 Å². The molecule has 0 aromatic heterocycles. The summed E-state index contributed by atoms with van der Waals surface area (Å²) in [5, 5.41) is 16.1. The van der Waals surface area contributed by atoms with E-state index < -0.39 is 5.91 Å². The SMILES string of the molecule is O=C(NN=C1Cc2ccccc2C1)c1cc2ccccc2cc1O. The standard InChI is InChI=1S/C20H16N2O2/c23-19-12-16-8-4-3-7-15(16)11-18(19)20(24)22-21-17-9-13-5-1-2-6-14(13)10-17/h1-8,11-12,23H,9-10H2,(H,22,24). The number of phenolic OH excluding ortho intramolecular Hbond substituents is 1. The van der Waals surface area contributed by atoms with Crippen LogP contribution >= 0.6 is 0 Å². The highest BCUT2D eigenvalue weighted by atomic mass is 16.3. The molecular formula is C20H16N2O2. The molecule has 0 bridgehead atoms. The highest BCUT2D eigenvalue weighted by molar-refractivity contribution is 6.02. The van der Waals surface area contributed by atoms with Crippen LogP contribution in [-0.2, 0) is 12.8 Å². The van der Waals surface area contributed by atoms with Gasteiger partial charge in [0.25, 0.3) is 5.91 Å². The Morgan fingerprint density at radius 1 is 0.917 bits per heavy atom. The summed E-state index contributed by atoms with van der Waals surface area (Å²) in [6.45, 7) is 0. The number of carbonyl (C=O) groups is 1. The Hall–Kier alpha value is -3.14. The zero-order chi connectivity index (χ0) is 16.5. The maximum atomic E-state index is 12.4. The van der Waals surface area contributed by atoms with E-state index >= 15 is 0 Å². The van der Waals surface area contributed by atoms with Crippen LogP contribution in [0.3, 0.4) is 0 Å². The van der Waals surface area contributed by atoms with Crippen molar-refractivity contribution in [1.82, 2.24) is 5.43 Å². The van der Waals surface area contributed by atoms with Crippen LogP contribution in [0.5, 0.6) is 5.75 Å². The number of nitrogens with one attached hydrogen (secondary N) is 1. The summed E-state index contributed by atoms with van der Waals surface area (Å²) in [4.78, 5) is 12.4. The number of carbonyl (C=O) groups excluding carboxylic acids is 1. The number of nitrogens with zero attached hydrogens (tertiary/aromatic N) is 1. The fourth-order valence-electron chi connectivity index (χ4n) is 3.08. The Morgan fingerprint density at radius 3 is 2.17 bits per heavy atom. The molecule has 0 unspecified atom stereocenters. The number of hydrogen-bond donors (Lipinski definition) is 2. The lowest BCUT2D eigenvalue weighted by Gasteiger charge is -2.06. The molecule has 0 saturated heterocycles. The van der Waals surface area contributed by atoms with Crippen LogP contribution in [0.15, 0.2) is 65.8 Å². The van der Waals surface area contributed by atoms with Gasteiger partial charge in [-0.05, 0) is 34.0 Å². The topological polar surface area (TPSA) is 61.7 Å². The predicted molar refractivity (Wildman–Crippen MR) is 94.4 cm³/mol. The number of hydrogen-bond acceptors (Lipinski definition) is 3. The van der Waals surface area contributed by atoms with E-state index in [1.165, 1.54) is 11.1 Å². The van der Waals surface area contributed by atoms with Crippen LogP contribution in [0.4, 0.5) is 0 Å². The van der Waals surface area contributed by atoms with Gasteiger partial charge in [-0.1, -0.05) is 48.5 Å². The largest absolute Gasteiger partial charge is 0.507 e. The first kappa shape index (κ1) is 14.5. The monoisotopic (exact) mass is 316 g/mol. The number of fused-ring (bicyclic) bond motifs is 2. The van der Waals surface area contributed by atoms with Gasteiger partial charge >= 0.3 is 0 Å². The zero-order valence-corrected chi connectivity index (χ0v) is 13.0.